The van der Waals surface area contributed by atoms with Crippen LogP contribution in [0.4, 0.5) is 4.79 Å². The summed E-state index contributed by atoms with van der Waals surface area (Å²) in [6, 6.07) is 15.6. The Morgan fingerprint density at radius 1 is 1.00 bits per heavy atom. The molecule has 0 radical (unpaired) electrons. The van der Waals surface area contributed by atoms with Gasteiger partial charge in [-0.05, 0) is 49.9 Å². The van der Waals surface area contributed by atoms with E-state index in [1.54, 1.807) is 45.3 Å². The highest BCUT2D eigenvalue weighted by atomic mass is 16.6. The van der Waals surface area contributed by atoms with Crippen molar-refractivity contribution in [1.82, 2.24) is 25.1 Å². The number of aliphatic imine (C=N–C) groups is 1. The molecule has 4 rings (SSSR count). The van der Waals surface area contributed by atoms with Crippen molar-refractivity contribution in [3.05, 3.63) is 77.6 Å². The molecule has 2 aromatic rings. The van der Waals surface area contributed by atoms with Crippen molar-refractivity contribution in [2.75, 3.05) is 32.7 Å². The van der Waals surface area contributed by atoms with Gasteiger partial charge in [0.25, 0.3) is 0 Å². The minimum atomic E-state index is -1.03. The Kier molecular flexibility index (Phi) is 10.6. The third kappa shape index (κ3) is 7.88. The average molecular weight is 577 g/mol. The van der Waals surface area contributed by atoms with Gasteiger partial charge in [-0.2, -0.15) is 0 Å². The lowest BCUT2D eigenvalue weighted by Crippen LogP contribution is -2.58. The van der Waals surface area contributed by atoms with Crippen molar-refractivity contribution in [2.45, 2.75) is 52.6 Å². The van der Waals surface area contributed by atoms with Crippen molar-refractivity contribution in [2.24, 2.45) is 4.99 Å². The van der Waals surface area contributed by atoms with E-state index < -0.39 is 12.0 Å². The van der Waals surface area contributed by atoms with Crippen LogP contribution in [0.1, 0.15) is 44.7 Å². The molecule has 1 fully saturated rings. The Bertz CT molecular complexity index is 1290. The fourth-order valence-corrected chi connectivity index (χ4v) is 5.04. The van der Waals surface area contributed by atoms with Gasteiger partial charge >= 0.3 is 12.1 Å². The van der Waals surface area contributed by atoms with Gasteiger partial charge in [-0.1, -0.05) is 42.5 Å². The molecule has 42 heavy (non-hydrogen) atoms. The Morgan fingerprint density at radius 2 is 1.67 bits per heavy atom. The first-order valence-corrected chi connectivity index (χ1v) is 14.4. The maximum absolute atomic E-state index is 12.7. The lowest BCUT2D eigenvalue weighted by molar-refractivity contribution is -0.140. The number of guanidine groups is 1. The molecule has 0 aliphatic carbocycles. The van der Waals surface area contributed by atoms with Gasteiger partial charge in [0.15, 0.2) is 0 Å². The number of likely N-dealkylation sites (tertiary alicyclic amines) is 1. The molecule has 224 valence electrons. The van der Waals surface area contributed by atoms with E-state index in [9.17, 15) is 19.5 Å². The molecule has 2 aromatic carbocycles. The van der Waals surface area contributed by atoms with Crippen LogP contribution >= 0.6 is 0 Å². The van der Waals surface area contributed by atoms with Crippen molar-refractivity contribution < 1.29 is 24.2 Å². The normalized spacial score (nSPS) is 15.5. The van der Waals surface area contributed by atoms with Crippen LogP contribution < -0.4 is 10.2 Å². The highest BCUT2D eigenvalue weighted by Crippen LogP contribution is 2.20. The smallest absolute Gasteiger partial charge is 0.415 e. The van der Waals surface area contributed by atoms with Gasteiger partial charge in [-0.3, -0.25) is 14.6 Å². The molecular weight excluding hydrogens is 536 g/mol. The number of amides is 2. The Morgan fingerprint density at radius 3 is 2.26 bits per heavy atom. The molecule has 0 aromatic heterocycles. The first-order valence-electron chi connectivity index (χ1n) is 14.4. The number of aliphatic carboxylic acids is 1. The van der Waals surface area contributed by atoms with E-state index in [0.717, 1.165) is 24.0 Å². The maximum atomic E-state index is 12.7. The first-order chi connectivity index (χ1) is 20.3. The van der Waals surface area contributed by atoms with Gasteiger partial charge in [0.1, 0.15) is 11.8 Å². The SMILES string of the molecule is CCN(CC)C1=NC=C(N(Cc2ccccc2)C(C)=O)CN1N[C@@H](Cc1ccc(OC(=O)N2CCCC2)cc1)C(=O)O. The minimum absolute atomic E-state index is 0.133. The van der Waals surface area contributed by atoms with Crippen LogP contribution in [0.5, 0.6) is 5.75 Å². The molecule has 2 N–H and O–H groups in total. The number of hydrogen-bond donors (Lipinski definition) is 2. The molecule has 2 heterocycles. The van der Waals surface area contributed by atoms with Crippen LogP contribution in [-0.2, 0) is 22.6 Å². The zero-order valence-electron chi connectivity index (χ0n) is 24.5. The van der Waals surface area contributed by atoms with E-state index in [1.165, 1.54) is 6.92 Å². The van der Waals surface area contributed by atoms with Gasteiger partial charge in [0.05, 0.1) is 25.0 Å². The molecule has 2 aliphatic heterocycles. The lowest BCUT2D eigenvalue weighted by atomic mass is 10.1. The summed E-state index contributed by atoms with van der Waals surface area (Å²) in [7, 11) is 0. The number of benzene rings is 2. The van der Waals surface area contributed by atoms with Gasteiger partial charge in [-0.25, -0.2) is 15.2 Å². The lowest BCUT2D eigenvalue weighted by Gasteiger charge is -2.39. The number of rotatable bonds is 11. The summed E-state index contributed by atoms with van der Waals surface area (Å²) >= 11 is 0. The number of nitrogens with one attached hydrogen (secondary N) is 1. The molecule has 1 saturated heterocycles. The number of nitrogens with zero attached hydrogens (tertiary/aromatic N) is 5. The molecule has 0 saturated carbocycles. The summed E-state index contributed by atoms with van der Waals surface area (Å²) in [4.78, 5) is 47.5. The third-order valence-corrected chi connectivity index (χ3v) is 7.39. The molecule has 11 heteroatoms. The number of hydrazine groups is 1. The van der Waals surface area contributed by atoms with E-state index in [1.807, 2.05) is 49.1 Å². The summed E-state index contributed by atoms with van der Waals surface area (Å²) in [6.45, 7) is 8.90. The second-order valence-corrected chi connectivity index (χ2v) is 10.3. The molecule has 11 nitrogen and oxygen atoms in total. The Hall–Kier alpha value is -4.38. The highest BCUT2D eigenvalue weighted by molar-refractivity contribution is 5.83. The third-order valence-electron chi connectivity index (χ3n) is 7.39. The van der Waals surface area contributed by atoms with Gasteiger partial charge in [0, 0.05) is 39.5 Å². The average Bonchev–Trinajstić information content (AvgIpc) is 3.54. The number of hydrogen-bond acceptors (Lipinski definition) is 8. The second-order valence-electron chi connectivity index (χ2n) is 10.3. The largest absolute Gasteiger partial charge is 0.480 e. The molecule has 0 bridgehead atoms. The summed E-state index contributed by atoms with van der Waals surface area (Å²) in [5, 5.41) is 11.9. The van der Waals surface area contributed by atoms with E-state index in [0.29, 0.717) is 50.1 Å². The monoisotopic (exact) mass is 576 g/mol. The maximum Gasteiger partial charge on any atom is 0.415 e. The fraction of sp³-hybridized carbons (Fsp3) is 0.419. The molecular formula is C31H40N6O5. The van der Waals surface area contributed by atoms with E-state index in [-0.39, 0.29) is 25.0 Å². The van der Waals surface area contributed by atoms with Crippen LogP contribution in [-0.4, -0.2) is 87.5 Å². The molecule has 0 unspecified atom stereocenters. The highest BCUT2D eigenvalue weighted by Gasteiger charge is 2.30. The summed E-state index contributed by atoms with van der Waals surface area (Å²) < 4.78 is 5.48. The molecule has 2 aliphatic rings. The summed E-state index contributed by atoms with van der Waals surface area (Å²) in [6.07, 6.45) is 3.46. The quantitative estimate of drug-likeness (QED) is 0.416. The van der Waals surface area contributed by atoms with Gasteiger partial charge in [0.2, 0.25) is 11.9 Å². The second kappa shape index (κ2) is 14.5. The van der Waals surface area contributed by atoms with Crippen molar-refractivity contribution in [3.63, 3.8) is 0 Å². The van der Waals surface area contributed by atoms with Gasteiger partial charge < -0.3 is 24.5 Å². The van der Waals surface area contributed by atoms with Gasteiger partial charge in [-0.15, -0.1) is 0 Å². The number of carbonyl (C=O) groups is 3. The Labute approximate surface area is 247 Å². The minimum Gasteiger partial charge on any atom is -0.480 e. The van der Waals surface area contributed by atoms with Crippen molar-refractivity contribution in [3.8, 4) is 5.75 Å². The number of carbonyl (C=O) groups excluding carboxylic acids is 2. The van der Waals surface area contributed by atoms with Crippen molar-refractivity contribution >= 4 is 23.9 Å². The van der Waals surface area contributed by atoms with Crippen LogP contribution in [0.3, 0.4) is 0 Å². The standard InChI is InChI=1S/C31H40N6O5/c1-4-34(5-2)30-32-20-26(36(23(3)38)21-25-11-7-6-8-12-25)22-37(30)33-28(29(39)40)19-24-13-15-27(16-14-24)42-31(41)35-17-9-10-18-35/h6-8,11-16,20,28,33H,4-5,9-10,17-19,21-22H2,1-3H3,(H,39,40)/t28-/m0/s1. The fourth-order valence-electron chi connectivity index (χ4n) is 5.04. The van der Waals surface area contributed by atoms with E-state index in [2.05, 4.69) is 10.4 Å². The zero-order valence-corrected chi connectivity index (χ0v) is 24.5. The summed E-state index contributed by atoms with van der Waals surface area (Å²) in [5.74, 6) is -0.156. The first kappa shape index (κ1) is 30.6. The Balaban J connectivity index is 1.49. The van der Waals surface area contributed by atoms with E-state index in [4.69, 9.17) is 4.74 Å². The topological polar surface area (TPSA) is 118 Å². The summed E-state index contributed by atoms with van der Waals surface area (Å²) in [5.41, 5.74) is 5.56. The predicted octanol–water partition coefficient (Wildman–Crippen LogP) is 3.69. The predicted molar refractivity (Wildman–Crippen MR) is 159 cm³/mol. The number of ether oxygens (including phenoxy) is 1. The zero-order chi connectivity index (χ0) is 30.1. The van der Waals surface area contributed by atoms with Crippen LogP contribution in [0.2, 0.25) is 0 Å². The molecule has 0 spiro atoms. The van der Waals surface area contributed by atoms with E-state index >= 15 is 0 Å². The number of carboxylic acids is 1. The number of carboxylic acid groups (broad SMARTS) is 1. The molecule has 1 atom stereocenters. The van der Waals surface area contributed by atoms with Crippen LogP contribution in [0.25, 0.3) is 0 Å². The van der Waals surface area contributed by atoms with Crippen LogP contribution in [0.15, 0.2) is 71.5 Å². The van der Waals surface area contributed by atoms with Crippen LogP contribution in [0, 0.1) is 0 Å². The molecule has 2 amide bonds. The van der Waals surface area contributed by atoms with Crippen molar-refractivity contribution in [1.29, 1.82) is 0 Å².